The van der Waals surface area contributed by atoms with E-state index in [1.807, 2.05) is 0 Å². The second-order valence-corrected chi connectivity index (χ2v) is 6.07. The largest absolute Gasteiger partial charge is 0.402 e. The minimum absolute atomic E-state index is 0.107. The quantitative estimate of drug-likeness (QED) is 0.494. The van der Waals surface area contributed by atoms with Gasteiger partial charge in [0.15, 0.2) is 0 Å². The Morgan fingerprint density at radius 1 is 1.50 bits per heavy atom. The minimum Gasteiger partial charge on any atom is -0.402 e. The molecule has 0 saturated heterocycles. The topological polar surface area (TPSA) is 136 Å². The fourth-order valence-electron chi connectivity index (χ4n) is 2.24. The van der Waals surface area contributed by atoms with Gasteiger partial charge in [-0.25, -0.2) is 14.4 Å². The van der Waals surface area contributed by atoms with Gasteiger partial charge in [-0.1, -0.05) is 0 Å². The first-order chi connectivity index (χ1) is 11.2. The first-order valence-corrected chi connectivity index (χ1v) is 7.19. The molecule has 8 nitrogen and oxygen atoms in total. The molecule has 0 aliphatic heterocycles. The van der Waals surface area contributed by atoms with Gasteiger partial charge in [0.25, 0.3) is 5.91 Å². The fourth-order valence-corrected chi connectivity index (χ4v) is 2.24. The second kappa shape index (κ2) is 6.26. The number of alkyl halides is 1. The van der Waals surface area contributed by atoms with Gasteiger partial charge >= 0.3 is 0 Å². The number of hydrogen-bond donors (Lipinski definition) is 4. The Hall–Kier alpha value is -2.97. The molecule has 2 aromatic rings. The molecule has 0 aromatic carbocycles. The maximum Gasteiger partial charge on any atom is 0.259 e. The highest BCUT2D eigenvalue weighted by Gasteiger charge is 2.27. The fraction of sp³-hybridized carbons (Fsp3) is 0.333. The molecule has 0 fully saturated rings. The number of allylic oxidation sites excluding steroid dienone is 1. The molecular weight excluding hydrogens is 313 g/mol. The molecule has 0 aliphatic carbocycles. The Kier molecular flexibility index (Phi) is 4.54. The second-order valence-electron chi connectivity index (χ2n) is 6.07. The molecule has 0 saturated carbocycles. The molecule has 2 heterocycles. The number of halogens is 1. The van der Waals surface area contributed by atoms with Crippen LogP contribution in [0.15, 0.2) is 24.3 Å². The molecule has 24 heavy (non-hydrogen) atoms. The highest BCUT2D eigenvalue weighted by atomic mass is 19.1. The number of nitrogens with two attached hydrogens (primary N) is 2. The molecule has 9 heteroatoms. The highest BCUT2D eigenvalue weighted by Crippen LogP contribution is 2.29. The summed E-state index contributed by atoms with van der Waals surface area (Å²) in [6.45, 7) is 4.29. The van der Waals surface area contributed by atoms with E-state index >= 15 is 0 Å². The Morgan fingerprint density at radius 2 is 2.17 bits per heavy atom. The van der Waals surface area contributed by atoms with Gasteiger partial charge in [0, 0.05) is 11.9 Å². The normalized spacial score (nSPS) is 12.4. The summed E-state index contributed by atoms with van der Waals surface area (Å²) in [4.78, 5) is 20.5. The van der Waals surface area contributed by atoms with Crippen LogP contribution >= 0.6 is 0 Å². The van der Waals surface area contributed by atoms with Gasteiger partial charge in [0.1, 0.15) is 30.3 Å². The summed E-state index contributed by atoms with van der Waals surface area (Å²) in [7, 11) is 0. The molecular formula is C15H20FN7O. The van der Waals surface area contributed by atoms with Crippen molar-refractivity contribution in [3.05, 3.63) is 29.9 Å². The van der Waals surface area contributed by atoms with Crippen molar-refractivity contribution in [1.29, 1.82) is 5.41 Å². The maximum absolute atomic E-state index is 13.4. The van der Waals surface area contributed by atoms with Crippen molar-refractivity contribution >= 4 is 28.6 Å². The number of amides is 1. The number of nitrogens with zero attached hydrogens (tertiary/aromatic N) is 3. The van der Waals surface area contributed by atoms with E-state index in [4.69, 9.17) is 16.9 Å². The first-order valence-electron chi connectivity index (χ1n) is 7.19. The van der Waals surface area contributed by atoms with Crippen molar-refractivity contribution in [1.82, 2.24) is 19.9 Å². The summed E-state index contributed by atoms with van der Waals surface area (Å²) in [5.74, 6) is -0.630. The van der Waals surface area contributed by atoms with Gasteiger partial charge in [0.05, 0.1) is 16.5 Å². The van der Waals surface area contributed by atoms with Crippen LogP contribution in [-0.4, -0.2) is 33.0 Å². The zero-order chi connectivity index (χ0) is 18.1. The maximum atomic E-state index is 13.4. The Bertz CT molecular complexity index is 834. The molecule has 0 bridgehead atoms. The number of carbonyl (C=O) groups is 1. The number of nitrogens with one attached hydrogen (secondary N) is 2. The van der Waals surface area contributed by atoms with Crippen molar-refractivity contribution in [3.8, 4) is 0 Å². The van der Waals surface area contributed by atoms with Crippen LogP contribution in [0.5, 0.6) is 0 Å². The van der Waals surface area contributed by atoms with Crippen molar-refractivity contribution in [2.45, 2.75) is 26.3 Å². The van der Waals surface area contributed by atoms with E-state index in [9.17, 15) is 9.18 Å². The van der Waals surface area contributed by atoms with Gasteiger partial charge in [-0.2, -0.15) is 0 Å². The van der Waals surface area contributed by atoms with Crippen LogP contribution in [0.25, 0.3) is 11.0 Å². The molecule has 2 rings (SSSR count). The minimum atomic E-state index is -0.918. The number of fused-ring (bicyclic) bond motifs is 1. The number of rotatable bonds is 4. The van der Waals surface area contributed by atoms with Gasteiger partial charge in [-0.15, -0.1) is 0 Å². The lowest BCUT2D eigenvalue weighted by atomic mass is 10.1. The molecule has 0 atom stereocenters. The monoisotopic (exact) mass is 333 g/mol. The zero-order valence-corrected chi connectivity index (χ0v) is 13.7. The number of carbonyl (C=O) groups excluding carboxylic acids is 1. The smallest absolute Gasteiger partial charge is 0.259 e. The van der Waals surface area contributed by atoms with Gasteiger partial charge < -0.3 is 21.4 Å². The van der Waals surface area contributed by atoms with E-state index in [1.54, 1.807) is 25.3 Å². The number of hydrogen-bond acceptors (Lipinski definition) is 6. The molecule has 1 amide bonds. The zero-order valence-electron chi connectivity index (χ0n) is 13.7. The van der Waals surface area contributed by atoms with Crippen LogP contribution in [0.4, 0.5) is 10.2 Å². The average molecular weight is 333 g/mol. The molecule has 0 spiro atoms. The Labute approximate surface area is 138 Å². The number of aromatic nitrogens is 3. The molecule has 0 aliphatic rings. The third kappa shape index (κ3) is 3.19. The predicted octanol–water partition coefficient (Wildman–Crippen LogP) is 1.29. The molecule has 128 valence electrons. The molecule has 2 aromatic heterocycles. The van der Waals surface area contributed by atoms with E-state index in [2.05, 4.69) is 15.3 Å². The molecule has 0 radical (unpaired) electrons. The van der Waals surface area contributed by atoms with Crippen LogP contribution in [0, 0.1) is 5.41 Å². The van der Waals surface area contributed by atoms with Crippen molar-refractivity contribution < 1.29 is 9.18 Å². The van der Waals surface area contributed by atoms with E-state index < -0.39 is 18.1 Å². The van der Waals surface area contributed by atoms with Crippen molar-refractivity contribution in [3.63, 3.8) is 0 Å². The summed E-state index contributed by atoms with van der Waals surface area (Å²) < 4.78 is 14.9. The van der Waals surface area contributed by atoms with E-state index in [0.29, 0.717) is 16.7 Å². The summed E-state index contributed by atoms with van der Waals surface area (Å²) in [6, 6.07) is 0. The van der Waals surface area contributed by atoms with E-state index in [-0.39, 0.29) is 17.2 Å². The third-order valence-electron chi connectivity index (χ3n) is 3.46. The number of anilines is 1. The average Bonchev–Trinajstić information content (AvgIpc) is 2.88. The van der Waals surface area contributed by atoms with Crippen LogP contribution < -0.4 is 16.8 Å². The summed E-state index contributed by atoms with van der Waals surface area (Å²) >= 11 is 0. The van der Waals surface area contributed by atoms with Crippen molar-refractivity contribution in [2.75, 3.05) is 12.4 Å². The SMILES string of the molecule is C/C(N)=C/C(=N)NC(=O)c1cn(C(C)(C)CF)c2ncnc(N)c12. The van der Waals surface area contributed by atoms with Crippen LogP contribution in [0.2, 0.25) is 0 Å². The lowest BCUT2D eigenvalue weighted by Gasteiger charge is -2.23. The van der Waals surface area contributed by atoms with Crippen LogP contribution in [0.1, 0.15) is 31.1 Å². The third-order valence-corrected chi connectivity index (χ3v) is 3.46. The Balaban J connectivity index is 2.57. The van der Waals surface area contributed by atoms with Crippen LogP contribution in [-0.2, 0) is 5.54 Å². The van der Waals surface area contributed by atoms with E-state index in [1.165, 1.54) is 18.6 Å². The van der Waals surface area contributed by atoms with Gasteiger partial charge in [-0.3, -0.25) is 10.2 Å². The summed E-state index contributed by atoms with van der Waals surface area (Å²) in [6.07, 6.45) is 4.03. The number of amidine groups is 1. The van der Waals surface area contributed by atoms with Gasteiger partial charge in [0.2, 0.25) is 0 Å². The lowest BCUT2D eigenvalue weighted by molar-refractivity contribution is 0.0978. The summed E-state index contributed by atoms with van der Waals surface area (Å²) in [5.41, 5.74) is 11.3. The van der Waals surface area contributed by atoms with Crippen molar-refractivity contribution in [2.24, 2.45) is 5.73 Å². The number of nitrogen functional groups attached to an aromatic ring is 1. The standard InChI is InChI=1S/C15H20FN7O/c1-8(17)4-10(18)22-14(24)9-5-23(15(2,3)6-16)13-11(9)12(19)20-7-21-13/h4-5,7H,6,17H2,1-3H3,(H2,18,22,24)(H2,19,20,21)/b8-4-. The van der Waals surface area contributed by atoms with E-state index in [0.717, 1.165) is 0 Å². The van der Waals surface area contributed by atoms with Crippen LogP contribution in [0.3, 0.4) is 0 Å². The predicted molar refractivity (Wildman–Crippen MR) is 90.4 cm³/mol. The highest BCUT2D eigenvalue weighted by molar-refractivity contribution is 6.16. The molecule has 6 N–H and O–H groups in total. The van der Waals surface area contributed by atoms with Gasteiger partial charge in [-0.05, 0) is 26.8 Å². The lowest BCUT2D eigenvalue weighted by Crippen LogP contribution is -2.30. The molecule has 0 unspecified atom stereocenters. The first kappa shape index (κ1) is 17.4. The summed E-state index contributed by atoms with van der Waals surface area (Å²) in [5, 5.41) is 10.4. The Morgan fingerprint density at radius 3 is 2.75 bits per heavy atom.